The lowest BCUT2D eigenvalue weighted by Crippen LogP contribution is -2.21. The van der Waals surface area contributed by atoms with E-state index in [-0.39, 0.29) is 0 Å². The van der Waals surface area contributed by atoms with Crippen LogP contribution in [0, 0.1) is 12.8 Å². The molecule has 4 aliphatic heterocycles. The molecule has 4 heterocycles. The number of hydrogen-bond acceptors (Lipinski definition) is 8. The maximum absolute atomic E-state index is 4.77. The van der Waals surface area contributed by atoms with Crippen molar-refractivity contribution in [1.29, 1.82) is 0 Å². The van der Waals surface area contributed by atoms with Gasteiger partial charge in [0.2, 0.25) is 0 Å². The number of nitrogens with zero attached hydrogens (tertiary/aromatic N) is 7. The molecule has 0 amide bonds. The Morgan fingerprint density at radius 2 is 1.46 bits per heavy atom. The van der Waals surface area contributed by atoms with Gasteiger partial charge in [0, 0.05) is 67.9 Å². The van der Waals surface area contributed by atoms with Crippen LogP contribution >= 0.6 is 0 Å². The topological polar surface area (TPSA) is 62.1 Å². The highest BCUT2D eigenvalue weighted by atomic mass is 15.3. The molecule has 0 aromatic heterocycles. The van der Waals surface area contributed by atoms with Crippen LogP contribution in [0.1, 0.15) is 41.5 Å². The Bertz CT molecular complexity index is 1280. The Hall–Kier alpha value is -4.77. The summed E-state index contributed by atoms with van der Waals surface area (Å²) in [5.74, 6) is 0. The van der Waals surface area contributed by atoms with E-state index in [1.54, 1.807) is 0 Å². The normalized spacial score (nSPS) is 20.0. The third-order valence-corrected chi connectivity index (χ3v) is 5.88. The summed E-state index contributed by atoms with van der Waals surface area (Å²) >= 11 is 0. The molecule has 0 aromatic carbocycles. The van der Waals surface area contributed by atoms with Crippen molar-refractivity contribution in [3.05, 3.63) is 109 Å². The van der Waals surface area contributed by atoms with Crippen molar-refractivity contribution in [2.45, 2.75) is 41.5 Å². The molecule has 4 rings (SSSR count). The lowest BCUT2D eigenvalue weighted by molar-refractivity contribution is 0.326. The van der Waals surface area contributed by atoms with Crippen LogP contribution < -0.4 is 5.32 Å². The monoisotopic (exact) mass is 552 g/mol. The van der Waals surface area contributed by atoms with Crippen molar-refractivity contribution < 1.29 is 0 Å². The fourth-order valence-electron chi connectivity index (χ4n) is 4.11. The molecule has 0 aromatic rings. The van der Waals surface area contributed by atoms with Crippen molar-refractivity contribution in [1.82, 2.24) is 24.9 Å². The molecule has 1 N–H and O–H groups in total. The molecule has 0 saturated heterocycles. The SMILES string of the molecule is C#C.C=C/C(=C/N1C=CN(/C=C2/C=CC(C3=N/C(=C\N4C=CN(CC)C4)C=C3)=N2)C1)N/C(C)=C\C(C)=NCC.CC. The van der Waals surface area contributed by atoms with Crippen LogP contribution in [0.4, 0.5) is 0 Å². The first-order chi connectivity index (χ1) is 19.9. The van der Waals surface area contributed by atoms with Crippen LogP contribution in [0.2, 0.25) is 0 Å². The molecule has 8 nitrogen and oxygen atoms in total. The first kappa shape index (κ1) is 32.4. The average Bonchev–Trinajstić information content (AvgIpc) is 3.80. The van der Waals surface area contributed by atoms with Crippen LogP contribution in [-0.2, 0) is 0 Å². The molecule has 0 fully saturated rings. The van der Waals surface area contributed by atoms with Gasteiger partial charge in [0.15, 0.2) is 0 Å². The number of nitrogens with one attached hydrogen (secondary N) is 1. The number of rotatable bonds is 10. The molecule has 0 bridgehead atoms. The summed E-state index contributed by atoms with van der Waals surface area (Å²) < 4.78 is 0. The fourth-order valence-corrected chi connectivity index (χ4v) is 4.11. The lowest BCUT2D eigenvalue weighted by atomic mass is 10.2. The van der Waals surface area contributed by atoms with E-state index in [0.717, 1.165) is 59.7 Å². The average molecular weight is 553 g/mol. The Balaban J connectivity index is 0.00000141. The molecule has 4 aliphatic rings. The van der Waals surface area contributed by atoms with Crippen molar-refractivity contribution in [3.8, 4) is 12.8 Å². The highest BCUT2D eigenvalue weighted by Crippen LogP contribution is 2.19. The summed E-state index contributed by atoms with van der Waals surface area (Å²) in [5.41, 5.74) is 6.51. The van der Waals surface area contributed by atoms with Crippen LogP contribution in [0.3, 0.4) is 0 Å². The van der Waals surface area contributed by atoms with Gasteiger partial charge in [0.05, 0.1) is 41.9 Å². The molecule has 216 valence electrons. The molecule has 0 unspecified atom stereocenters. The molecule has 0 saturated carbocycles. The zero-order valence-corrected chi connectivity index (χ0v) is 25.3. The minimum atomic E-state index is 0.687. The van der Waals surface area contributed by atoms with E-state index in [1.807, 2.05) is 95.9 Å². The minimum absolute atomic E-state index is 0.687. The lowest BCUT2D eigenvalue weighted by Gasteiger charge is -2.17. The molecule has 0 aliphatic carbocycles. The van der Waals surface area contributed by atoms with Crippen molar-refractivity contribution in [3.63, 3.8) is 0 Å². The standard InChI is InChI=1S/C29H36N8.C2H6.C2H2/c1-6-25(31-24(5)17-23(4)30-7-2)18-35-15-16-37(22-35)20-27-10-12-29(33-27)28-11-9-26(32-28)19-36-14-13-34(8-3)21-36;2*1-2/h6,9-20,31H,1,7-8,21-22H2,2-5H3;1-2H3;1-2H/b24-17-,25-18-,26-19-,27-20-,30-23?;;. The Morgan fingerprint density at radius 3 is 2.00 bits per heavy atom. The molecular weight excluding hydrogens is 508 g/mol. The van der Waals surface area contributed by atoms with E-state index < -0.39 is 0 Å². The van der Waals surface area contributed by atoms with Crippen LogP contribution in [0.15, 0.2) is 124 Å². The summed E-state index contributed by atoms with van der Waals surface area (Å²) in [6.45, 7) is 19.5. The van der Waals surface area contributed by atoms with Gasteiger partial charge < -0.3 is 24.9 Å². The highest BCUT2D eigenvalue weighted by Gasteiger charge is 2.16. The van der Waals surface area contributed by atoms with E-state index in [0.29, 0.717) is 6.67 Å². The van der Waals surface area contributed by atoms with E-state index in [4.69, 9.17) is 9.98 Å². The number of allylic oxidation sites excluding steroid dienone is 7. The van der Waals surface area contributed by atoms with Gasteiger partial charge in [-0.05, 0) is 64.2 Å². The van der Waals surface area contributed by atoms with Gasteiger partial charge in [-0.25, -0.2) is 9.98 Å². The number of aliphatic imine (C=N–C) groups is 3. The van der Waals surface area contributed by atoms with E-state index in [2.05, 4.69) is 74.9 Å². The Labute approximate surface area is 246 Å². The summed E-state index contributed by atoms with van der Waals surface area (Å²) in [5, 5.41) is 3.39. The molecule has 0 spiro atoms. The van der Waals surface area contributed by atoms with E-state index in [9.17, 15) is 0 Å². The third-order valence-electron chi connectivity index (χ3n) is 5.88. The zero-order valence-electron chi connectivity index (χ0n) is 25.3. The second-order valence-electron chi connectivity index (χ2n) is 8.95. The van der Waals surface area contributed by atoms with Gasteiger partial charge >= 0.3 is 0 Å². The van der Waals surface area contributed by atoms with Crippen LogP contribution in [0.5, 0.6) is 0 Å². The summed E-state index contributed by atoms with van der Waals surface area (Å²) in [6.07, 6.45) is 34.3. The van der Waals surface area contributed by atoms with Crippen molar-refractivity contribution in [2.24, 2.45) is 15.0 Å². The first-order valence-corrected chi connectivity index (χ1v) is 13.9. The minimum Gasteiger partial charge on any atom is -0.359 e. The summed E-state index contributed by atoms with van der Waals surface area (Å²) in [4.78, 5) is 22.5. The Kier molecular flexibility index (Phi) is 13.5. The van der Waals surface area contributed by atoms with Gasteiger partial charge in [0.25, 0.3) is 0 Å². The third kappa shape index (κ3) is 10.0. The Morgan fingerprint density at radius 1 is 0.902 bits per heavy atom. The first-order valence-electron chi connectivity index (χ1n) is 13.9. The van der Waals surface area contributed by atoms with E-state index >= 15 is 0 Å². The highest BCUT2D eigenvalue weighted by molar-refractivity contribution is 6.52. The predicted octanol–water partition coefficient (Wildman–Crippen LogP) is 6.08. The van der Waals surface area contributed by atoms with Crippen molar-refractivity contribution in [2.75, 3.05) is 26.4 Å². The second kappa shape index (κ2) is 17.0. The second-order valence-corrected chi connectivity index (χ2v) is 8.95. The largest absolute Gasteiger partial charge is 0.359 e. The summed E-state index contributed by atoms with van der Waals surface area (Å²) in [6, 6.07) is 0. The quantitative estimate of drug-likeness (QED) is 0.202. The van der Waals surface area contributed by atoms with Crippen LogP contribution in [0.25, 0.3) is 0 Å². The van der Waals surface area contributed by atoms with Gasteiger partial charge in [-0.15, -0.1) is 12.8 Å². The molecule has 0 atom stereocenters. The van der Waals surface area contributed by atoms with Crippen LogP contribution in [-0.4, -0.2) is 63.2 Å². The zero-order chi connectivity index (χ0) is 30.2. The number of hydrogen-bond donors (Lipinski definition) is 1. The maximum Gasteiger partial charge on any atom is 0.0979 e. The molecule has 41 heavy (non-hydrogen) atoms. The molecule has 0 radical (unpaired) electrons. The van der Waals surface area contributed by atoms with Gasteiger partial charge in [-0.2, -0.15) is 0 Å². The number of terminal acetylenes is 1. The fraction of sp³-hybridized carbons (Fsp3) is 0.303. The summed E-state index contributed by atoms with van der Waals surface area (Å²) in [7, 11) is 0. The molecular formula is C33H44N8. The van der Waals surface area contributed by atoms with Gasteiger partial charge in [0.1, 0.15) is 0 Å². The smallest absolute Gasteiger partial charge is 0.0979 e. The predicted molar refractivity (Wildman–Crippen MR) is 175 cm³/mol. The van der Waals surface area contributed by atoms with Crippen molar-refractivity contribution >= 4 is 17.1 Å². The molecule has 8 heteroatoms. The van der Waals surface area contributed by atoms with Gasteiger partial charge in [-0.3, -0.25) is 4.99 Å². The van der Waals surface area contributed by atoms with E-state index in [1.165, 1.54) is 0 Å². The van der Waals surface area contributed by atoms with Gasteiger partial charge in [-0.1, -0.05) is 20.4 Å². The maximum atomic E-state index is 4.77.